The van der Waals surface area contributed by atoms with Gasteiger partial charge in [-0.1, -0.05) is 6.08 Å². The molecule has 1 saturated heterocycles. The van der Waals surface area contributed by atoms with Gasteiger partial charge in [0.1, 0.15) is 0 Å². The molecule has 1 aliphatic heterocycles. The fourth-order valence-corrected chi connectivity index (χ4v) is 2.17. The maximum Gasteiger partial charge on any atom is 0.161 e. The van der Waals surface area contributed by atoms with E-state index in [1.54, 1.807) is 6.08 Å². The van der Waals surface area contributed by atoms with Gasteiger partial charge in [0.15, 0.2) is 5.78 Å². The van der Waals surface area contributed by atoms with Crippen molar-refractivity contribution in [3.8, 4) is 0 Å². The van der Waals surface area contributed by atoms with E-state index in [1.807, 2.05) is 6.08 Å². The number of carbonyl (C=O) groups is 1. The van der Waals surface area contributed by atoms with Crippen LogP contribution in [0.4, 0.5) is 0 Å². The van der Waals surface area contributed by atoms with Crippen molar-refractivity contribution in [3.63, 3.8) is 0 Å². The van der Waals surface area contributed by atoms with Crippen molar-refractivity contribution < 1.29 is 4.79 Å². The van der Waals surface area contributed by atoms with E-state index in [0.29, 0.717) is 5.78 Å². The van der Waals surface area contributed by atoms with E-state index in [1.165, 1.54) is 0 Å². The highest BCUT2D eigenvalue weighted by molar-refractivity contribution is 5.97. The lowest BCUT2D eigenvalue weighted by molar-refractivity contribution is -0.125. The molecule has 2 rings (SSSR count). The first-order valence-electron chi connectivity index (χ1n) is 4.62. The Hall–Kier alpha value is -0.630. The van der Waals surface area contributed by atoms with E-state index in [2.05, 4.69) is 11.9 Å². The third kappa shape index (κ3) is 1.11. The molecule has 0 aromatic heterocycles. The second kappa shape index (κ2) is 2.70. The monoisotopic (exact) mass is 165 g/mol. The number of nitrogens with zero attached hydrogens (tertiary/aromatic N) is 1. The topological polar surface area (TPSA) is 20.3 Å². The minimum Gasteiger partial charge on any atom is -0.306 e. The number of hydrogen-bond donors (Lipinski definition) is 0. The van der Waals surface area contributed by atoms with E-state index in [-0.39, 0.29) is 5.41 Å². The quantitative estimate of drug-likeness (QED) is 0.538. The highest BCUT2D eigenvalue weighted by atomic mass is 16.1. The Labute approximate surface area is 73.2 Å². The van der Waals surface area contributed by atoms with Gasteiger partial charge in [0.05, 0.1) is 0 Å². The van der Waals surface area contributed by atoms with Crippen LogP contribution in [0.3, 0.4) is 0 Å². The average molecular weight is 165 g/mol. The van der Waals surface area contributed by atoms with Gasteiger partial charge in [0, 0.05) is 5.41 Å². The summed E-state index contributed by atoms with van der Waals surface area (Å²) < 4.78 is 0. The molecule has 1 spiro atoms. The lowest BCUT2D eigenvalue weighted by Crippen LogP contribution is -2.40. The van der Waals surface area contributed by atoms with Gasteiger partial charge >= 0.3 is 0 Å². The lowest BCUT2D eigenvalue weighted by Gasteiger charge is -2.36. The second-order valence-corrected chi connectivity index (χ2v) is 4.05. The Balaban J connectivity index is 2.09. The standard InChI is InChI=1S/C10H15NO/c1-11-7-5-10(6-8-11)4-2-3-9(10)12/h2-3H,4-8H2,1H3. The second-order valence-electron chi connectivity index (χ2n) is 4.05. The highest BCUT2D eigenvalue weighted by Gasteiger charge is 2.40. The fourth-order valence-electron chi connectivity index (χ4n) is 2.17. The zero-order valence-corrected chi connectivity index (χ0v) is 7.55. The summed E-state index contributed by atoms with van der Waals surface area (Å²) in [4.78, 5) is 13.9. The molecule has 12 heavy (non-hydrogen) atoms. The van der Waals surface area contributed by atoms with E-state index in [4.69, 9.17) is 0 Å². The van der Waals surface area contributed by atoms with Crippen molar-refractivity contribution in [2.45, 2.75) is 19.3 Å². The van der Waals surface area contributed by atoms with Crippen molar-refractivity contribution in [1.29, 1.82) is 0 Å². The molecule has 0 saturated carbocycles. The van der Waals surface area contributed by atoms with Crippen LogP contribution in [0.5, 0.6) is 0 Å². The molecule has 66 valence electrons. The molecule has 0 unspecified atom stereocenters. The van der Waals surface area contributed by atoms with Crippen LogP contribution in [-0.2, 0) is 4.79 Å². The van der Waals surface area contributed by atoms with E-state index < -0.39 is 0 Å². The first-order valence-corrected chi connectivity index (χ1v) is 4.62. The molecule has 0 atom stereocenters. The summed E-state index contributed by atoms with van der Waals surface area (Å²) >= 11 is 0. The van der Waals surface area contributed by atoms with E-state index >= 15 is 0 Å². The number of piperidine rings is 1. The molecule has 1 aliphatic carbocycles. The van der Waals surface area contributed by atoms with Gasteiger partial charge in [0.2, 0.25) is 0 Å². The number of rotatable bonds is 0. The summed E-state index contributed by atoms with van der Waals surface area (Å²) in [6.45, 7) is 2.15. The van der Waals surface area contributed by atoms with Gasteiger partial charge < -0.3 is 4.90 Å². The molecular weight excluding hydrogens is 150 g/mol. The van der Waals surface area contributed by atoms with Crippen LogP contribution in [0.2, 0.25) is 0 Å². The highest BCUT2D eigenvalue weighted by Crippen LogP contribution is 2.39. The minimum atomic E-state index is 0.0203. The predicted octanol–water partition coefficient (Wildman–Crippen LogP) is 1.23. The van der Waals surface area contributed by atoms with Crippen LogP contribution in [0.25, 0.3) is 0 Å². The molecule has 1 fully saturated rings. The molecule has 0 aromatic rings. The Morgan fingerprint density at radius 3 is 2.58 bits per heavy atom. The summed E-state index contributed by atoms with van der Waals surface area (Å²) in [6.07, 6.45) is 6.89. The number of likely N-dealkylation sites (tertiary alicyclic amines) is 1. The molecule has 0 N–H and O–H groups in total. The van der Waals surface area contributed by atoms with Crippen LogP contribution in [0.15, 0.2) is 12.2 Å². The average Bonchev–Trinajstić information content (AvgIpc) is 2.41. The van der Waals surface area contributed by atoms with Gasteiger partial charge in [-0.05, 0) is 45.5 Å². The lowest BCUT2D eigenvalue weighted by atomic mass is 9.76. The van der Waals surface area contributed by atoms with Gasteiger partial charge in [-0.15, -0.1) is 0 Å². The van der Waals surface area contributed by atoms with Crippen molar-refractivity contribution in [2.75, 3.05) is 20.1 Å². The van der Waals surface area contributed by atoms with Crippen molar-refractivity contribution in [3.05, 3.63) is 12.2 Å². The minimum absolute atomic E-state index is 0.0203. The van der Waals surface area contributed by atoms with Crippen LogP contribution in [0, 0.1) is 5.41 Å². The first-order chi connectivity index (χ1) is 5.73. The Bertz CT molecular complexity index is 224. The van der Waals surface area contributed by atoms with Gasteiger partial charge in [-0.25, -0.2) is 0 Å². The SMILES string of the molecule is CN1CCC2(CC=CC2=O)CC1. The van der Waals surface area contributed by atoms with Crippen LogP contribution in [-0.4, -0.2) is 30.8 Å². The number of ketones is 1. The zero-order valence-electron chi connectivity index (χ0n) is 7.55. The normalized spacial score (nSPS) is 28.6. The number of carbonyl (C=O) groups excluding carboxylic acids is 1. The third-order valence-electron chi connectivity index (χ3n) is 3.24. The molecule has 2 nitrogen and oxygen atoms in total. The molecule has 2 aliphatic rings. The summed E-state index contributed by atoms with van der Waals surface area (Å²) in [5.41, 5.74) is 0.0203. The molecule has 2 heteroatoms. The van der Waals surface area contributed by atoms with Crippen molar-refractivity contribution in [2.24, 2.45) is 5.41 Å². The summed E-state index contributed by atoms with van der Waals surface area (Å²) in [5, 5.41) is 0. The number of hydrogen-bond acceptors (Lipinski definition) is 2. The van der Waals surface area contributed by atoms with Gasteiger partial charge in [-0.2, -0.15) is 0 Å². The first kappa shape index (κ1) is 7.99. The van der Waals surface area contributed by atoms with Crippen molar-refractivity contribution >= 4 is 5.78 Å². The van der Waals surface area contributed by atoms with Gasteiger partial charge in [-0.3, -0.25) is 4.79 Å². The van der Waals surface area contributed by atoms with Crippen LogP contribution >= 0.6 is 0 Å². The van der Waals surface area contributed by atoms with Crippen LogP contribution in [0.1, 0.15) is 19.3 Å². The van der Waals surface area contributed by atoms with Crippen molar-refractivity contribution in [1.82, 2.24) is 4.90 Å². The summed E-state index contributed by atoms with van der Waals surface area (Å²) in [5.74, 6) is 0.371. The predicted molar refractivity (Wildman–Crippen MR) is 47.9 cm³/mol. The Morgan fingerprint density at radius 1 is 1.42 bits per heavy atom. The summed E-state index contributed by atoms with van der Waals surface area (Å²) in [7, 11) is 2.12. The molecule has 0 amide bonds. The molecule has 0 aromatic carbocycles. The smallest absolute Gasteiger partial charge is 0.161 e. The largest absolute Gasteiger partial charge is 0.306 e. The Kier molecular flexibility index (Phi) is 1.80. The molecule has 0 radical (unpaired) electrons. The van der Waals surface area contributed by atoms with Crippen LogP contribution < -0.4 is 0 Å². The molecular formula is C10H15NO. The molecule has 0 bridgehead atoms. The number of allylic oxidation sites excluding steroid dienone is 2. The zero-order chi connectivity index (χ0) is 8.60. The third-order valence-corrected chi connectivity index (χ3v) is 3.24. The van der Waals surface area contributed by atoms with E-state index in [9.17, 15) is 4.79 Å². The van der Waals surface area contributed by atoms with E-state index in [0.717, 1.165) is 32.4 Å². The fraction of sp³-hybridized carbons (Fsp3) is 0.700. The summed E-state index contributed by atoms with van der Waals surface area (Å²) in [6, 6.07) is 0. The maximum atomic E-state index is 11.6. The Morgan fingerprint density at radius 2 is 2.08 bits per heavy atom. The molecule has 1 heterocycles. The maximum absolute atomic E-state index is 11.6. The van der Waals surface area contributed by atoms with Gasteiger partial charge in [0.25, 0.3) is 0 Å².